The van der Waals surface area contributed by atoms with Gasteiger partial charge in [-0.3, -0.25) is 14.4 Å². The monoisotopic (exact) mass is 724 g/mol. The van der Waals surface area contributed by atoms with Gasteiger partial charge in [-0.05, 0) is 58.6 Å². The molecule has 0 saturated carbocycles. The van der Waals surface area contributed by atoms with Crippen molar-refractivity contribution >= 4 is 29.6 Å². The van der Waals surface area contributed by atoms with Crippen molar-refractivity contribution < 1.29 is 28.7 Å². The fourth-order valence-electron chi connectivity index (χ4n) is 5.45. The Morgan fingerprint density at radius 1 is 0.811 bits per heavy atom. The van der Waals surface area contributed by atoms with E-state index in [9.17, 15) is 19.2 Å². The number of imidazole rings is 1. The predicted molar refractivity (Wildman–Crippen MR) is 205 cm³/mol. The number of hydrogen-bond donors (Lipinski definition) is 3. The SMILES string of the molecule is Cn1cc(NC(=O)C(COCc2ccccc2)NC(=O)C(C)(C)NC(=O)OC(C)(C)C)nc1-c1ccccc1.O=C(Cc1ccccc1)N1CCCC1. The molecule has 3 aromatic carbocycles. The molecule has 5 rings (SSSR count). The average molecular weight is 725 g/mol. The van der Waals surface area contributed by atoms with E-state index in [-0.39, 0.29) is 19.1 Å². The predicted octanol–water partition coefficient (Wildman–Crippen LogP) is 5.88. The molecule has 4 amide bonds. The van der Waals surface area contributed by atoms with Crippen LogP contribution >= 0.6 is 0 Å². The van der Waals surface area contributed by atoms with Crippen LogP contribution in [0.2, 0.25) is 0 Å². The van der Waals surface area contributed by atoms with Gasteiger partial charge in [0.25, 0.3) is 5.91 Å². The molecular weight excluding hydrogens is 672 g/mol. The maximum atomic E-state index is 13.3. The number of ether oxygens (including phenoxy) is 2. The topological polar surface area (TPSA) is 144 Å². The molecule has 0 aliphatic carbocycles. The van der Waals surface area contributed by atoms with Crippen LogP contribution in [0.3, 0.4) is 0 Å². The summed E-state index contributed by atoms with van der Waals surface area (Å²) in [6, 6.07) is 27.9. The van der Waals surface area contributed by atoms with Crippen molar-refractivity contribution in [2.24, 2.45) is 7.05 Å². The van der Waals surface area contributed by atoms with Crippen molar-refractivity contribution in [2.75, 3.05) is 25.0 Å². The Hall–Kier alpha value is -5.49. The number of aryl methyl sites for hydroxylation is 1. The lowest BCUT2D eigenvalue weighted by Gasteiger charge is -2.29. The van der Waals surface area contributed by atoms with Crippen LogP contribution in [-0.4, -0.2) is 75.1 Å². The zero-order valence-corrected chi connectivity index (χ0v) is 31.6. The fourth-order valence-corrected chi connectivity index (χ4v) is 5.45. The summed E-state index contributed by atoms with van der Waals surface area (Å²) in [5.74, 6) is 0.183. The number of rotatable bonds is 12. The minimum Gasteiger partial charge on any atom is -0.444 e. The lowest BCUT2D eigenvalue weighted by Crippen LogP contribution is -2.59. The largest absolute Gasteiger partial charge is 0.444 e. The number of anilines is 1. The van der Waals surface area contributed by atoms with Gasteiger partial charge in [0, 0.05) is 31.9 Å². The molecule has 1 aliphatic rings. The molecule has 3 N–H and O–H groups in total. The van der Waals surface area contributed by atoms with Crippen molar-refractivity contribution in [2.45, 2.75) is 77.7 Å². The second-order valence-corrected chi connectivity index (χ2v) is 14.4. The first-order valence-electron chi connectivity index (χ1n) is 17.9. The molecule has 2 heterocycles. The van der Waals surface area contributed by atoms with Crippen LogP contribution in [0.15, 0.2) is 97.2 Å². The zero-order chi connectivity index (χ0) is 38.4. The second kappa shape index (κ2) is 18.8. The van der Waals surface area contributed by atoms with E-state index in [1.807, 2.05) is 103 Å². The van der Waals surface area contributed by atoms with Crippen LogP contribution in [0.4, 0.5) is 10.6 Å². The van der Waals surface area contributed by atoms with Crippen LogP contribution in [0.1, 0.15) is 58.6 Å². The van der Waals surface area contributed by atoms with Crippen LogP contribution in [0, 0.1) is 0 Å². The van der Waals surface area contributed by atoms with Gasteiger partial charge in [-0.1, -0.05) is 91.0 Å². The van der Waals surface area contributed by atoms with Crippen molar-refractivity contribution in [3.63, 3.8) is 0 Å². The van der Waals surface area contributed by atoms with Crippen molar-refractivity contribution in [1.29, 1.82) is 0 Å². The molecule has 1 aromatic heterocycles. The fraction of sp³-hybridized carbons (Fsp3) is 0.390. The number of amides is 4. The molecule has 53 heavy (non-hydrogen) atoms. The number of carbonyl (C=O) groups is 4. The van der Waals surface area contributed by atoms with Crippen molar-refractivity contribution in [3.05, 3.63) is 108 Å². The highest BCUT2D eigenvalue weighted by molar-refractivity contribution is 5.98. The van der Waals surface area contributed by atoms with E-state index in [1.54, 1.807) is 31.5 Å². The van der Waals surface area contributed by atoms with Gasteiger partial charge in [-0.2, -0.15) is 0 Å². The Morgan fingerprint density at radius 3 is 1.96 bits per heavy atom. The number of hydrogen-bond acceptors (Lipinski definition) is 7. The Kier molecular flexibility index (Phi) is 14.3. The Balaban J connectivity index is 0.000000371. The molecule has 12 nitrogen and oxygen atoms in total. The summed E-state index contributed by atoms with van der Waals surface area (Å²) in [6.45, 7) is 10.3. The summed E-state index contributed by atoms with van der Waals surface area (Å²) in [7, 11) is 1.83. The summed E-state index contributed by atoms with van der Waals surface area (Å²) in [4.78, 5) is 57.0. The van der Waals surface area contributed by atoms with E-state index in [0.717, 1.165) is 29.8 Å². The third-order valence-corrected chi connectivity index (χ3v) is 8.22. The Morgan fingerprint density at radius 2 is 1.38 bits per heavy atom. The van der Waals surface area contributed by atoms with Gasteiger partial charge in [0.2, 0.25) is 11.8 Å². The van der Waals surface area contributed by atoms with E-state index < -0.39 is 35.1 Å². The molecule has 282 valence electrons. The Bertz CT molecular complexity index is 1780. The molecule has 1 atom stereocenters. The number of alkyl carbamates (subject to hydrolysis) is 1. The third kappa shape index (κ3) is 13.2. The van der Waals surface area contributed by atoms with Crippen LogP contribution in [-0.2, 0) is 43.9 Å². The highest BCUT2D eigenvalue weighted by Gasteiger charge is 2.34. The summed E-state index contributed by atoms with van der Waals surface area (Å²) < 4.78 is 12.9. The summed E-state index contributed by atoms with van der Waals surface area (Å²) in [5, 5.41) is 8.03. The van der Waals surface area contributed by atoms with Gasteiger partial charge in [0.15, 0.2) is 5.82 Å². The van der Waals surface area contributed by atoms with Gasteiger partial charge < -0.3 is 34.9 Å². The van der Waals surface area contributed by atoms with Gasteiger partial charge in [-0.25, -0.2) is 9.78 Å². The summed E-state index contributed by atoms with van der Waals surface area (Å²) in [6.07, 6.45) is 3.84. The normalized spacial score (nSPS) is 13.3. The zero-order valence-electron chi connectivity index (χ0n) is 31.6. The van der Waals surface area contributed by atoms with Crippen molar-refractivity contribution in [1.82, 2.24) is 25.1 Å². The molecule has 1 aliphatic heterocycles. The molecule has 0 spiro atoms. The quantitative estimate of drug-likeness (QED) is 0.166. The van der Waals surface area contributed by atoms with Crippen LogP contribution in [0.5, 0.6) is 0 Å². The minimum absolute atomic E-state index is 0.104. The first-order chi connectivity index (χ1) is 25.2. The highest BCUT2D eigenvalue weighted by Crippen LogP contribution is 2.20. The molecule has 0 bridgehead atoms. The summed E-state index contributed by atoms with van der Waals surface area (Å²) in [5.41, 5.74) is 0.834. The third-order valence-electron chi connectivity index (χ3n) is 8.22. The maximum absolute atomic E-state index is 13.3. The highest BCUT2D eigenvalue weighted by atomic mass is 16.6. The molecule has 4 aromatic rings. The number of nitrogens with zero attached hydrogens (tertiary/aromatic N) is 3. The van der Waals surface area contributed by atoms with Crippen LogP contribution in [0.25, 0.3) is 11.4 Å². The first kappa shape index (κ1) is 40.3. The van der Waals surface area contributed by atoms with E-state index in [2.05, 4.69) is 20.9 Å². The van der Waals surface area contributed by atoms with Gasteiger partial charge in [0.1, 0.15) is 23.0 Å². The number of nitrogens with one attached hydrogen (secondary N) is 3. The molecular formula is C41H52N6O6. The van der Waals surface area contributed by atoms with Gasteiger partial charge in [0.05, 0.1) is 19.6 Å². The van der Waals surface area contributed by atoms with Gasteiger partial charge in [-0.15, -0.1) is 0 Å². The lowest BCUT2D eigenvalue weighted by molar-refractivity contribution is -0.131. The minimum atomic E-state index is -1.37. The summed E-state index contributed by atoms with van der Waals surface area (Å²) >= 11 is 0. The van der Waals surface area contributed by atoms with E-state index in [4.69, 9.17) is 9.47 Å². The second-order valence-electron chi connectivity index (χ2n) is 14.4. The van der Waals surface area contributed by atoms with E-state index in [1.165, 1.54) is 26.7 Å². The molecule has 0 radical (unpaired) electrons. The van der Waals surface area contributed by atoms with Gasteiger partial charge >= 0.3 is 6.09 Å². The lowest BCUT2D eigenvalue weighted by atomic mass is 10.0. The molecule has 1 fully saturated rings. The molecule has 1 unspecified atom stereocenters. The maximum Gasteiger partial charge on any atom is 0.408 e. The standard InChI is InChI=1S/C29H37N5O5.C12H15NO/c1-28(2,3)39-27(37)33-29(4,5)26(36)30-22(19-38-18-20-13-9-7-10-14-20)25(35)32-23-17-34(6)24(31-23)21-15-11-8-12-16-21;14-12(13-8-4-5-9-13)10-11-6-2-1-3-7-11/h7-17,22H,18-19H2,1-6H3,(H,30,36)(H,32,35)(H,33,37);1-3,6-7H,4-5,8-10H2. The van der Waals surface area contributed by atoms with E-state index >= 15 is 0 Å². The molecule has 1 saturated heterocycles. The van der Waals surface area contributed by atoms with Crippen molar-refractivity contribution in [3.8, 4) is 11.4 Å². The number of carbonyl (C=O) groups excluding carboxylic acids is 4. The molecule has 12 heteroatoms. The first-order valence-corrected chi connectivity index (χ1v) is 17.9. The van der Waals surface area contributed by atoms with E-state index in [0.29, 0.717) is 18.1 Å². The number of likely N-dealkylation sites (tertiary alicyclic amines) is 1. The average Bonchev–Trinajstić information content (AvgIpc) is 3.78. The van der Waals surface area contributed by atoms with Crippen LogP contribution < -0.4 is 16.0 Å². The number of aromatic nitrogens is 2. The number of benzene rings is 3. The Labute approximate surface area is 312 Å². The smallest absolute Gasteiger partial charge is 0.408 e.